The number of hydrogen-bond acceptors (Lipinski definition) is 8. The van der Waals surface area contributed by atoms with Crippen LogP contribution in [0.5, 0.6) is 11.5 Å². The Labute approximate surface area is 311 Å². The number of carboxylic acids is 1. The van der Waals surface area contributed by atoms with Crippen molar-refractivity contribution in [2.24, 2.45) is 0 Å². The summed E-state index contributed by atoms with van der Waals surface area (Å²) in [6, 6.07) is 28.4. The minimum Gasteiger partial charge on any atom is -0.493 e. The van der Waals surface area contributed by atoms with Gasteiger partial charge in [-0.1, -0.05) is 79.2 Å². The number of unbranched alkanes of at least 4 members (excludes halogenated alkanes) is 2. The van der Waals surface area contributed by atoms with Crippen LogP contribution in [-0.4, -0.2) is 60.4 Å². The summed E-state index contributed by atoms with van der Waals surface area (Å²) >= 11 is 0. The lowest BCUT2D eigenvalue weighted by atomic mass is 9.96. The average molecular weight is 723 g/mol. The molecule has 2 aliphatic heterocycles. The number of benzene rings is 4. The van der Waals surface area contributed by atoms with E-state index in [1.807, 2.05) is 42.5 Å². The molecule has 4 aromatic carbocycles. The topological polar surface area (TPSA) is 127 Å². The summed E-state index contributed by atoms with van der Waals surface area (Å²) in [6.45, 7) is 2.84. The Morgan fingerprint density at radius 1 is 0.849 bits per heavy atom. The second kappa shape index (κ2) is 18.3. The summed E-state index contributed by atoms with van der Waals surface area (Å²) in [5, 5.41) is 21.5. The fourth-order valence-electron chi connectivity index (χ4n) is 7.22. The van der Waals surface area contributed by atoms with Crippen LogP contribution in [0.4, 0.5) is 0 Å². The van der Waals surface area contributed by atoms with Gasteiger partial charge >= 0.3 is 5.97 Å². The Morgan fingerprint density at radius 3 is 2.26 bits per heavy atom. The summed E-state index contributed by atoms with van der Waals surface area (Å²) in [4.78, 5) is 25.7. The fraction of sp³-hybridized carbons (Fsp3) is 0.395. The maximum Gasteiger partial charge on any atom is 0.303 e. The number of rotatable bonds is 16. The molecule has 2 aliphatic rings. The molecule has 10 heteroatoms. The molecule has 0 radical (unpaired) electrons. The third-order valence-corrected chi connectivity index (χ3v) is 10.2. The van der Waals surface area contributed by atoms with Crippen molar-refractivity contribution in [1.29, 1.82) is 0 Å². The Kier molecular flexibility index (Phi) is 13.1. The fourth-order valence-corrected chi connectivity index (χ4v) is 7.22. The predicted molar refractivity (Wildman–Crippen MR) is 201 cm³/mol. The van der Waals surface area contributed by atoms with Gasteiger partial charge < -0.3 is 34.5 Å². The monoisotopic (exact) mass is 722 g/mol. The predicted octanol–water partition coefficient (Wildman–Crippen LogP) is 7.12. The van der Waals surface area contributed by atoms with Gasteiger partial charge in [-0.25, -0.2) is 0 Å². The van der Waals surface area contributed by atoms with Gasteiger partial charge in [0.05, 0.1) is 33.0 Å². The molecule has 1 amide bonds. The van der Waals surface area contributed by atoms with Crippen molar-refractivity contribution in [3.05, 3.63) is 118 Å². The summed E-state index contributed by atoms with van der Waals surface area (Å²) in [7, 11) is 3.33. The van der Waals surface area contributed by atoms with Crippen molar-refractivity contribution in [3.63, 3.8) is 0 Å². The van der Waals surface area contributed by atoms with E-state index in [1.54, 1.807) is 14.2 Å². The van der Waals surface area contributed by atoms with Crippen molar-refractivity contribution in [3.8, 4) is 22.6 Å². The molecule has 53 heavy (non-hydrogen) atoms. The van der Waals surface area contributed by atoms with Crippen LogP contribution in [0.15, 0.2) is 84.9 Å². The maximum absolute atomic E-state index is 12.5. The number of aliphatic hydroxyl groups excluding tert-OH is 1. The van der Waals surface area contributed by atoms with E-state index in [0.717, 1.165) is 70.9 Å². The summed E-state index contributed by atoms with van der Waals surface area (Å²) < 4.78 is 24.5. The SMILES string of the molecule is COc1cc2c(cc1OC)CN(C[C@@H]1C[C@H](c3ccc(CO)cc3)O[C@H](c3ccc(-c4ccccc4CNC(=O)CCCCCC(=O)O)cc3)O1)CC2. The van der Waals surface area contributed by atoms with Gasteiger partial charge in [-0.15, -0.1) is 0 Å². The van der Waals surface area contributed by atoms with Crippen molar-refractivity contribution < 1.29 is 38.7 Å². The molecule has 2 heterocycles. The number of ether oxygens (including phenoxy) is 4. The molecule has 0 saturated carbocycles. The minimum absolute atomic E-state index is 0.00864. The molecule has 3 N–H and O–H groups in total. The highest BCUT2D eigenvalue weighted by Gasteiger charge is 2.34. The molecule has 6 rings (SSSR count). The van der Waals surface area contributed by atoms with E-state index in [2.05, 4.69) is 52.7 Å². The normalized spacial score (nSPS) is 18.6. The molecule has 0 spiro atoms. The van der Waals surface area contributed by atoms with Gasteiger partial charge in [0, 0.05) is 51.0 Å². The number of hydrogen-bond donors (Lipinski definition) is 3. The van der Waals surface area contributed by atoms with E-state index in [1.165, 1.54) is 11.1 Å². The van der Waals surface area contributed by atoms with Gasteiger partial charge in [0.25, 0.3) is 0 Å². The summed E-state index contributed by atoms with van der Waals surface area (Å²) in [5.41, 5.74) is 8.41. The van der Waals surface area contributed by atoms with E-state index in [0.29, 0.717) is 38.6 Å². The Morgan fingerprint density at radius 2 is 1.55 bits per heavy atom. The highest BCUT2D eigenvalue weighted by Crippen LogP contribution is 2.40. The van der Waals surface area contributed by atoms with Gasteiger partial charge in [0.1, 0.15) is 0 Å². The van der Waals surface area contributed by atoms with Crippen LogP contribution in [-0.2, 0) is 45.2 Å². The number of aliphatic carboxylic acids is 1. The van der Waals surface area contributed by atoms with Crippen molar-refractivity contribution in [1.82, 2.24) is 10.2 Å². The first kappa shape index (κ1) is 38.0. The number of amides is 1. The second-order valence-corrected chi connectivity index (χ2v) is 13.8. The number of methoxy groups -OCH3 is 2. The number of nitrogens with zero attached hydrogens (tertiary/aromatic N) is 1. The molecule has 280 valence electrons. The van der Waals surface area contributed by atoms with E-state index < -0.39 is 12.3 Å². The largest absolute Gasteiger partial charge is 0.493 e. The third-order valence-electron chi connectivity index (χ3n) is 10.2. The van der Waals surface area contributed by atoms with Crippen LogP contribution in [0.1, 0.15) is 84.3 Å². The molecule has 10 nitrogen and oxygen atoms in total. The number of carboxylic acid groups (broad SMARTS) is 1. The first-order valence-corrected chi connectivity index (χ1v) is 18.5. The van der Waals surface area contributed by atoms with Gasteiger partial charge in [-0.05, 0) is 70.3 Å². The lowest BCUT2D eigenvalue weighted by Crippen LogP contribution is -2.41. The standard InChI is InChI=1S/C43H50N2O8/c1-50-39-22-33-20-21-45(26-35(33)23-40(39)51-2)27-36-24-38(31-14-12-29(28-46)13-15-31)53-43(52-36)32-18-16-30(17-19-32)37-9-7-6-8-34(37)25-44-41(47)10-4-3-5-11-42(48)49/h6-9,12-19,22-23,36,38,43,46H,3-5,10-11,20-21,24-28H2,1-2H3,(H,44,47)(H,48,49)/t36-,38+,43+/m0/s1. The molecular formula is C43H50N2O8. The Bertz CT molecular complexity index is 1830. The second-order valence-electron chi connectivity index (χ2n) is 13.8. The molecule has 0 unspecified atom stereocenters. The molecule has 3 atom stereocenters. The quantitative estimate of drug-likeness (QED) is 0.104. The van der Waals surface area contributed by atoms with Gasteiger partial charge in [-0.3, -0.25) is 14.5 Å². The van der Waals surface area contributed by atoms with E-state index in [9.17, 15) is 14.7 Å². The van der Waals surface area contributed by atoms with Gasteiger partial charge in [0.15, 0.2) is 17.8 Å². The number of carbonyl (C=O) groups is 2. The Balaban J connectivity index is 1.14. The highest BCUT2D eigenvalue weighted by molar-refractivity contribution is 5.76. The van der Waals surface area contributed by atoms with Crippen LogP contribution in [0.2, 0.25) is 0 Å². The van der Waals surface area contributed by atoms with Crippen molar-refractivity contribution in [2.75, 3.05) is 27.3 Å². The number of carbonyl (C=O) groups excluding carboxylic acids is 1. The molecule has 0 aromatic heterocycles. The lowest BCUT2D eigenvalue weighted by molar-refractivity contribution is -0.253. The van der Waals surface area contributed by atoms with E-state index in [4.69, 9.17) is 24.1 Å². The zero-order chi connectivity index (χ0) is 37.2. The third kappa shape index (κ3) is 10.0. The zero-order valence-corrected chi connectivity index (χ0v) is 30.6. The van der Waals surface area contributed by atoms with Crippen LogP contribution >= 0.6 is 0 Å². The van der Waals surface area contributed by atoms with E-state index in [-0.39, 0.29) is 31.1 Å². The van der Waals surface area contributed by atoms with Crippen molar-refractivity contribution in [2.45, 2.75) is 83.1 Å². The molecule has 4 aromatic rings. The average Bonchev–Trinajstić information content (AvgIpc) is 3.19. The van der Waals surface area contributed by atoms with Crippen LogP contribution in [0.3, 0.4) is 0 Å². The number of aliphatic hydroxyl groups is 1. The molecule has 0 aliphatic carbocycles. The highest BCUT2D eigenvalue weighted by atomic mass is 16.7. The van der Waals surface area contributed by atoms with Crippen LogP contribution in [0, 0.1) is 0 Å². The Hall–Kier alpha value is -4.74. The minimum atomic E-state index is -0.805. The first-order chi connectivity index (χ1) is 25.8. The van der Waals surface area contributed by atoms with E-state index >= 15 is 0 Å². The molecule has 1 saturated heterocycles. The first-order valence-electron chi connectivity index (χ1n) is 18.5. The number of nitrogens with one attached hydrogen (secondary N) is 1. The summed E-state index contributed by atoms with van der Waals surface area (Å²) in [5.74, 6) is 0.644. The lowest BCUT2D eigenvalue weighted by Gasteiger charge is -2.39. The van der Waals surface area contributed by atoms with Crippen LogP contribution < -0.4 is 14.8 Å². The summed E-state index contributed by atoms with van der Waals surface area (Å²) in [6.07, 6.45) is 3.24. The molecular weight excluding hydrogens is 672 g/mol. The smallest absolute Gasteiger partial charge is 0.303 e. The molecule has 1 fully saturated rings. The zero-order valence-electron chi connectivity index (χ0n) is 30.6. The number of fused-ring (bicyclic) bond motifs is 1. The van der Waals surface area contributed by atoms with Crippen LogP contribution in [0.25, 0.3) is 11.1 Å². The maximum atomic E-state index is 12.5. The van der Waals surface area contributed by atoms with Gasteiger partial charge in [-0.2, -0.15) is 0 Å². The van der Waals surface area contributed by atoms with Crippen molar-refractivity contribution >= 4 is 11.9 Å². The molecule has 0 bridgehead atoms. The van der Waals surface area contributed by atoms with Gasteiger partial charge in [0.2, 0.25) is 5.91 Å².